The molecule has 0 amide bonds. The maximum atomic E-state index is 12.1. The van der Waals surface area contributed by atoms with Crippen molar-refractivity contribution < 1.29 is 9.72 Å². The van der Waals surface area contributed by atoms with E-state index in [0.29, 0.717) is 12.1 Å². The number of ketones is 1. The number of hydrogen-bond donors (Lipinski definition) is 0. The molecule has 2 rings (SSSR count). The third-order valence-electron chi connectivity index (χ3n) is 2.89. The summed E-state index contributed by atoms with van der Waals surface area (Å²) < 4.78 is 1.06. The monoisotopic (exact) mass is 368 g/mol. The van der Waals surface area contributed by atoms with Gasteiger partial charge < -0.3 is 0 Å². The summed E-state index contributed by atoms with van der Waals surface area (Å²) in [5.41, 5.74) is 1.62. The van der Waals surface area contributed by atoms with Gasteiger partial charge in [-0.15, -0.1) is 11.3 Å². The summed E-state index contributed by atoms with van der Waals surface area (Å²) in [6.07, 6.45) is 0. The number of benzene rings is 1. The fourth-order valence-corrected chi connectivity index (χ4v) is 3.10. The second-order valence-corrected chi connectivity index (χ2v) is 6.95. The maximum absolute atomic E-state index is 12.1. The van der Waals surface area contributed by atoms with Crippen LogP contribution in [0.3, 0.4) is 0 Å². The van der Waals surface area contributed by atoms with Crippen LogP contribution in [0.4, 0.5) is 5.69 Å². The van der Waals surface area contributed by atoms with E-state index in [1.807, 2.05) is 23.4 Å². The van der Waals surface area contributed by atoms with Crippen LogP contribution in [0.5, 0.6) is 0 Å². The zero-order valence-electron chi connectivity index (χ0n) is 11.3. The van der Waals surface area contributed by atoms with Crippen LogP contribution >= 0.6 is 27.3 Å². The molecule has 21 heavy (non-hydrogen) atoms. The fraction of sp³-hybridized carbons (Fsp3) is 0.214. The molecule has 0 spiro atoms. The minimum absolute atomic E-state index is 0.0111. The van der Waals surface area contributed by atoms with Gasteiger partial charge in [0.1, 0.15) is 0 Å². The highest BCUT2D eigenvalue weighted by molar-refractivity contribution is 9.11. The highest BCUT2D eigenvalue weighted by Crippen LogP contribution is 2.21. The van der Waals surface area contributed by atoms with Crippen molar-refractivity contribution in [2.45, 2.75) is 6.54 Å². The molecule has 5 nitrogen and oxygen atoms in total. The summed E-state index contributed by atoms with van der Waals surface area (Å²) in [5, 5.41) is 12.6. The van der Waals surface area contributed by atoms with Crippen LogP contribution in [0.1, 0.15) is 15.9 Å². The Labute approximate surface area is 134 Å². The molecule has 0 fully saturated rings. The Morgan fingerprint density at radius 2 is 2.05 bits per heavy atom. The van der Waals surface area contributed by atoms with E-state index in [1.54, 1.807) is 11.3 Å². The molecule has 0 aliphatic rings. The van der Waals surface area contributed by atoms with Gasteiger partial charge in [-0.1, -0.05) is 0 Å². The average Bonchev–Trinajstić information content (AvgIpc) is 2.83. The number of rotatable bonds is 6. The number of non-ortho nitro benzene ring substituents is 1. The highest BCUT2D eigenvalue weighted by Gasteiger charge is 2.12. The van der Waals surface area contributed by atoms with Crippen LogP contribution < -0.4 is 0 Å². The van der Waals surface area contributed by atoms with Crippen LogP contribution in [0, 0.1) is 10.1 Å². The van der Waals surface area contributed by atoms with E-state index in [9.17, 15) is 14.9 Å². The molecule has 0 unspecified atom stereocenters. The second kappa shape index (κ2) is 6.93. The van der Waals surface area contributed by atoms with Crippen molar-refractivity contribution in [2.24, 2.45) is 0 Å². The van der Waals surface area contributed by atoms with E-state index in [4.69, 9.17) is 0 Å². The van der Waals surface area contributed by atoms with Crippen molar-refractivity contribution in [1.82, 2.24) is 4.90 Å². The fourth-order valence-electron chi connectivity index (χ4n) is 1.90. The first-order valence-corrected chi connectivity index (χ1v) is 7.82. The van der Waals surface area contributed by atoms with Crippen molar-refractivity contribution in [3.05, 3.63) is 60.7 Å². The summed E-state index contributed by atoms with van der Waals surface area (Å²) >= 11 is 5.01. The number of nitrogens with zero attached hydrogens (tertiary/aromatic N) is 2. The second-order valence-electron chi connectivity index (χ2n) is 4.66. The third-order valence-corrected chi connectivity index (χ3v) is 4.44. The summed E-state index contributed by atoms with van der Waals surface area (Å²) in [7, 11) is 1.87. The zero-order chi connectivity index (χ0) is 15.4. The number of Topliss-reactive ketones (excluding diaryl/α,β-unsaturated/α-hetero) is 1. The highest BCUT2D eigenvalue weighted by atomic mass is 79.9. The molecule has 0 aliphatic heterocycles. The van der Waals surface area contributed by atoms with Gasteiger partial charge in [0.2, 0.25) is 0 Å². The minimum atomic E-state index is -0.477. The molecule has 7 heteroatoms. The lowest BCUT2D eigenvalue weighted by atomic mass is 10.1. The maximum Gasteiger partial charge on any atom is 0.269 e. The lowest BCUT2D eigenvalue weighted by Crippen LogP contribution is -2.25. The van der Waals surface area contributed by atoms with Crippen LogP contribution in [-0.2, 0) is 6.54 Å². The number of thiophene rings is 1. The summed E-state index contributed by atoms with van der Waals surface area (Å²) in [5.74, 6) is -0.0540. The molecular formula is C14H13BrN2O3S. The smallest absolute Gasteiger partial charge is 0.269 e. The van der Waals surface area contributed by atoms with Gasteiger partial charge in [0, 0.05) is 24.2 Å². The van der Waals surface area contributed by atoms with Gasteiger partial charge in [0.15, 0.2) is 5.78 Å². The quantitative estimate of drug-likeness (QED) is 0.442. The van der Waals surface area contributed by atoms with Gasteiger partial charge in [-0.05, 0) is 52.1 Å². The summed E-state index contributed by atoms with van der Waals surface area (Å²) in [6, 6.07) is 7.72. The Hall–Kier alpha value is -1.57. The molecule has 0 saturated carbocycles. The van der Waals surface area contributed by atoms with Crippen molar-refractivity contribution in [3.63, 3.8) is 0 Å². The molecule has 1 heterocycles. The summed E-state index contributed by atoms with van der Waals surface area (Å²) in [4.78, 5) is 24.1. The molecule has 2 aromatic rings. The lowest BCUT2D eigenvalue weighted by molar-refractivity contribution is -0.384. The van der Waals surface area contributed by atoms with E-state index in [1.165, 1.54) is 24.3 Å². The number of carbonyl (C=O) groups excluding carboxylic acids is 1. The Morgan fingerprint density at radius 3 is 2.57 bits per heavy atom. The number of halogens is 1. The average molecular weight is 369 g/mol. The van der Waals surface area contributed by atoms with Gasteiger partial charge in [0.05, 0.1) is 15.3 Å². The number of nitro benzene ring substituents is 1. The lowest BCUT2D eigenvalue weighted by Gasteiger charge is -2.14. The minimum Gasteiger partial charge on any atom is -0.295 e. The standard InChI is InChI=1S/C14H13BrN2O3S/c1-16(7-10-6-14(15)21-9-10)8-13(18)11-2-4-12(5-3-11)17(19)20/h2-6,9H,7-8H2,1H3. The van der Waals surface area contributed by atoms with E-state index in [0.717, 1.165) is 9.35 Å². The van der Waals surface area contributed by atoms with Gasteiger partial charge in [-0.25, -0.2) is 0 Å². The van der Waals surface area contributed by atoms with Gasteiger partial charge in [0.25, 0.3) is 5.69 Å². The van der Waals surface area contributed by atoms with E-state index in [-0.39, 0.29) is 18.0 Å². The summed E-state index contributed by atoms with van der Waals surface area (Å²) in [6.45, 7) is 0.950. The Kier molecular flexibility index (Phi) is 5.22. The van der Waals surface area contributed by atoms with Crippen molar-refractivity contribution in [3.8, 4) is 0 Å². The number of hydrogen-bond acceptors (Lipinski definition) is 5. The van der Waals surface area contributed by atoms with Crippen LogP contribution in [0.25, 0.3) is 0 Å². The number of likely N-dealkylation sites (N-methyl/N-ethyl adjacent to an activating group) is 1. The van der Waals surface area contributed by atoms with Gasteiger partial charge >= 0.3 is 0 Å². The first kappa shape index (κ1) is 15.8. The molecule has 0 atom stereocenters. The Morgan fingerprint density at radius 1 is 1.38 bits per heavy atom. The van der Waals surface area contributed by atoms with Gasteiger partial charge in [-0.2, -0.15) is 0 Å². The molecule has 110 valence electrons. The zero-order valence-corrected chi connectivity index (χ0v) is 13.7. The molecule has 1 aromatic carbocycles. The van der Waals surface area contributed by atoms with Crippen LogP contribution in [0.2, 0.25) is 0 Å². The molecular weight excluding hydrogens is 356 g/mol. The largest absolute Gasteiger partial charge is 0.295 e. The molecule has 0 aliphatic carbocycles. The predicted molar refractivity (Wildman–Crippen MR) is 85.8 cm³/mol. The first-order chi connectivity index (χ1) is 9.95. The van der Waals surface area contributed by atoms with Crippen molar-refractivity contribution >= 4 is 38.7 Å². The number of nitro groups is 1. The van der Waals surface area contributed by atoms with Gasteiger partial charge in [-0.3, -0.25) is 19.8 Å². The number of carbonyl (C=O) groups is 1. The molecule has 0 N–H and O–H groups in total. The van der Waals surface area contributed by atoms with E-state index in [2.05, 4.69) is 15.9 Å². The van der Waals surface area contributed by atoms with Crippen molar-refractivity contribution in [2.75, 3.05) is 13.6 Å². The molecule has 0 radical (unpaired) electrons. The third kappa shape index (κ3) is 4.45. The van der Waals surface area contributed by atoms with E-state index < -0.39 is 4.92 Å². The topological polar surface area (TPSA) is 63.5 Å². The Bertz CT molecular complexity index is 654. The van der Waals surface area contributed by atoms with Crippen LogP contribution in [0.15, 0.2) is 39.5 Å². The first-order valence-electron chi connectivity index (χ1n) is 6.15. The SMILES string of the molecule is CN(CC(=O)c1ccc([N+](=O)[O-])cc1)Cc1csc(Br)c1. The van der Waals surface area contributed by atoms with Crippen LogP contribution in [-0.4, -0.2) is 29.2 Å². The molecule has 0 saturated heterocycles. The predicted octanol–water partition coefficient (Wildman–Crippen LogP) is 3.73. The molecule has 1 aromatic heterocycles. The molecule has 0 bridgehead atoms. The normalized spacial score (nSPS) is 10.8. The Balaban J connectivity index is 1.95. The van der Waals surface area contributed by atoms with Crippen molar-refractivity contribution in [1.29, 1.82) is 0 Å². The van der Waals surface area contributed by atoms with E-state index >= 15 is 0 Å².